The molecule has 0 unspecified atom stereocenters. The molecule has 1 aliphatic rings. The summed E-state index contributed by atoms with van der Waals surface area (Å²) in [6.45, 7) is 3.88. The lowest BCUT2D eigenvalue weighted by Crippen LogP contribution is -2.20. The molecule has 1 heterocycles. The van der Waals surface area contributed by atoms with Gasteiger partial charge in [0.15, 0.2) is 0 Å². The topological polar surface area (TPSA) is 26.3 Å². The lowest BCUT2D eigenvalue weighted by Gasteiger charge is -2.23. The SMILES string of the molecule is C[C@H]1C[C@](C)(c2ccc(Br)cc2)OC1=O. The molecule has 0 amide bonds. The monoisotopic (exact) mass is 268 g/mol. The summed E-state index contributed by atoms with van der Waals surface area (Å²) in [6, 6.07) is 7.93. The van der Waals surface area contributed by atoms with Crippen molar-refractivity contribution in [1.29, 1.82) is 0 Å². The van der Waals surface area contributed by atoms with Crippen molar-refractivity contribution in [2.45, 2.75) is 25.9 Å². The number of esters is 1. The molecular formula is C12H13BrO2. The summed E-state index contributed by atoms with van der Waals surface area (Å²) in [5, 5.41) is 0. The summed E-state index contributed by atoms with van der Waals surface area (Å²) >= 11 is 3.39. The first-order chi connectivity index (χ1) is 7.01. The minimum absolute atomic E-state index is 0.00125. The second kappa shape index (κ2) is 3.63. The Labute approximate surface area is 97.8 Å². The van der Waals surface area contributed by atoms with E-state index in [0.29, 0.717) is 0 Å². The summed E-state index contributed by atoms with van der Waals surface area (Å²) in [6.07, 6.45) is 0.757. The highest BCUT2D eigenvalue weighted by Gasteiger charge is 2.42. The van der Waals surface area contributed by atoms with E-state index in [2.05, 4.69) is 15.9 Å². The normalized spacial score (nSPS) is 30.3. The van der Waals surface area contributed by atoms with E-state index in [-0.39, 0.29) is 11.9 Å². The number of hydrogen-bond donors (Lipinski definition) is 0. The van der Waals surface area contributed by atoms with E-state index < -0.39 is 5.60 Å². The van der Waals surface area contributed by atoms with Crippen LogP contribution in [0.25, 0.3) is 0 Å². The van der Waals surface area contributed by atoms with Crippen LogP contribution in [0.4, 0.5) is 0 Å². The molecule has 80 valence electrons. The second-order valence-electron chi connectivity index (χ2n) is 4.26. The molecular weight excluding hydrogens is 256 g/mol. The van der Waals surface area contributed by atoms with Gasteiger partial charge in [0.2, 0.25) is 0 Å². The third kappa shape index (κ3) is 1.93. The zero-order chi connectivity index (χ0) is 11.1. The third-order valence-electron chi connectivity index (χ3n) is 2.88. The van der Waals surface area contributed by atoms with E-state index in [0.717, 1.165) is 16.5 Å². The third-order valence-corrected chi connectivity index (χ3v) is 3.41. The number of hydrogen-bond acceptors (Lipinski definition) is 2. The molecule has 0 aliphatic carbocycles. The van der Waals surface area contributed by atoms with Crippen molar-refractivity contribution in [1.82, 2.24) is 0 Å². The number of halogens is 1. The molecule has 1 aromatic rings. The standard InChI is InChI=1S/C12H13BrO2/c1-8-7-12(2,15-11(8)14)9-3-5-10(13)6-4-9/h3-6,8H,7H2,1-2H3/t8-,12+/m0/s1. The van der Waals surface area contributed by atoms with E-state index in [1.54, 1.807) is 0 Å². The predicted octanol–water partition coefficient (Wildman–Crippen LogP) is 3.25. The minimum atomic E-state index is -0.447. The van der Waals surface area contributed by atoms with Crippen molar-refractivity contribution in [3.63, 3.8) is 0 Å². The van der Waals surface area contributed by atoms with Crippen molar-refractivity contribution in [2.75, 3.05) is 0 Å². The molecule has 1 fully saturated rings. The number of carbonyl (C=O) groups is 1. The van der Waals surface area contributed by atoms with E-state index in [1.807, 2.05) is 38.1 Å². The lowest BCUT2D eigenvalue weighted by molar-refractivity contribution is -0.149. The fraction of sp³-hybridized carbons (Fsp3) is 0.417. The van der Waals surface area contributed by atoms with Crippen LogP contribution in [-0.2, 0) is 15.1 Å². The van der Waals surface area contributed by atoms with Crippen LogP contribution in [0.1, 0.15) is 25.8 Å². The van der Waals surface area contributed by atoms with Crippen molar-refractivity contribution < 1.29 is 9.53 Å². The van der Waals surface area contributed by atoms with Crippen LogP contribution in [-0.4, -0.2) is 5.97 Å². The van der Waals surface area contributed by atoms with Gasteiger partial charge in [-0.05, 0) is 24.6 Å². The smallest absolute Gasteiger partial charge is 0.309 e. The summed E-state index contributed by atoms with van der Waals surface area (Å²) in [4.78, 5) is 11.4. The summed E-state index contributed by atoms with van der Waals surface area (Å²) in [5.74, 6) is -0.0981. The summed E-state index contributed by atoms with van der Waals surface area (Å²) < 4.78 is 6.47. The molecule has 15 heavy (non-hydrogen) atoms. The fourth-order valence-electron chi connectivity index (χ4n) is 2.01. The minimum Gasteiger partial charge on any atom is -0.454 e. The van der Waals surface area contributed by atoms with E-state index >= 15 is 0 Å². The van der Waals surface area contributed by atoms with Crippen LogP contribution in [0.2, 0.25) is 0 Å². The summed E-state index contributed by atoms with van der Waals surface area (Å²) in [5.41, 5.74) is 0.611. The maximum Gasteiger partial charge on any atom is 0.309 e. The van der Waals surface area contributed by atoms with Gasteiger partial charge in [-0.3, -0.25) is 4.79 Å². The van der Waals surface area contributed by atoms with Crippen LogP contribution in [0.3, 0.4) is 0 Å². The molecule has 1 aliphatic heterocycles. The number of cyclic esters (lactones) is 1. The van der Waals surface area contributed by atoms with Gasteiger partial charge in [-0.25, -0.2) is 0 Å². The molecule has 0 N–H and O–H groups in total. The van der Waals surface area contributed by atoms with Gasteiger partial charge in [0, 0.05) is 10.9 Å². The average Bonchev–Trinajstić information content (AvgIpc) is 2.43. The first kappa shape index (κ1) is 10.7. The Bertz CT molecular complexity index is 385. The van der Waals surface area contributed by atoms with Gasteiger partial charge in [0.05, 0.1) is 5.92 Å². The van der Waals surface area contributed by atoms with Crippen molar-refractivity contribution >= 4 is 21.9 Å². The Morgan fingerprint density at radius 2 is 2.00 bits per heavy atom. The molecule has 0 spiro atoms. The van der Waals surface area contributed by atoms with Crippen LogP contribution in [0, 0.1) is 5.92 Å². The zero-order valence-corrected chi connectivity index (χ0v) is 10.4. The van der Waals surface area contributed by atoms with Gasteiger partial charge in [0.25, 0.3) is 0 Å². The van der Waals surface area contributed by atoms with Crippen molar-refractivity contribution in [3.8, 4) is 0 Å². The highest BCUT2D eigenvalue weighted by Crippen LogP contribution is 2.39. The van der Waals surface area contributed by atoms with Crippen LogP contribution in [0.5, 0.6) is 0 Å². The van der Waals surface area contributed by atoms with Gasteiger partial charge < -0.3 is 4.74 Å². The van der Waals surface area contributed by atoms with Gasteiger partial charge >= 0.3 is 5.97 Å². The first-order valence-electron chi connectivity index (χ1n) is 5.00. The van der Waals surface area contributed by atoms with Gasteiger partial charge in [0.1, 0.15) is 5.60 Å². The highest BCUT2D eigenvalue weighted by atomic mass is 79.9. The lowest BCUT2D eigenvalue weighted by atomic mass is 9.90. The molecule has 2 atom stereocenters. The quantitative estimate of drug-likeness (QED) is 0.731. The molecule has 3 heteroatoms. The summed E-state index contributed by atoms with van der Waals surface area (Å²) in [7, 11) is 0. The van der Waals surface area contributed by atoms with E-state index in [4.69, 9.17) is 4.74 Å². The number of benzene rings is 1. The molecule has 0 aromatic heterocycles. The highest BCUT2D eigenvalue weighted by molar-refractivity contribution is 9.10. The molecule has 2 nitrogen and oxygen atoms in total. The molecule has 1 saturated heterocycles. The largest absolute Gasteiger partial charge is 0.454 e. The molecule has 2 rings (SSSR count). The molecule has 0 radical (unpaired) electrons. The fourth-order valence-corrected chi connectivity index (χ4v) is 2.28. The van der Waals surface area contributed by atoms with Crippen molar-refractivity contribution in [3.05, 3.63) is 34.3 Å². The van der Waals surface area contributed by atoms with E-state index in [9.17, 15) is 4.79 Å². The van der Waals surface area contributed by atoms with Gasteiger partial charge in [-0.1, -0.05) is 35.0 Å². The molecule has 0 bridgehead atoms. The van der Waals surface area contributed by atoms with Crippen molar-refractivity contribution in [2.24, 2.45) is 5.92 Å². The Morgan fingerprint density at radius 1 is 1.40 bits per heavy atom. The number of ether oxygens (including phenoxy) is 1. The van der Waals surface area contributed by atoms with Crippen LogP contribution >= 0.6 is 15.9 Å². The van der Waals surface area contributed by atoms with Crippen LogP contribution in [0.15, 0.2) is 28.7 Å². The molecule has 1 aromatic carbocycles. The zero-order valence-electron chi connectivity index (χ0n) is 8.79. The Morgan fingerprint density at radius 3 is 2.47 bits per heavy atom. The number of carbonyl (C=O) groups excluding carboxylic acids is 1. The average molecular weight is 269 g/mol. The Hall–Kier alpha value is -0.830. The predicted molar refractivity (Wildman–Crippen MR) is 61.4 cm³/mol. The Kier molecular flexibility index (Phi) is 2.59. The second-order valence-corrected chi connectivity index (χ2v) is 5.18. The van der Waals surface area contributed by atoms with Crippen LogP contribution < -0.4 is 0 Å². The number of rotatable bonds is 1. The Balaban J connectivity index is 2.31. The molecule has 0 saturated carbocycles. The van der Waals surface area contributed by atoms with E-state index in [1.165, 1.54) is 0 Å². The van der Waals surface area contributed by atoms with Gasteiger partial charge in [-0.15, -0.1) is 0 Å². The maximum absolute atomic E-state index is 11.4. The maximum atomic E-state index is 11.4. The van der Waals surface area contributed by atoms with Gasteiger partial charge in [-0.2, -0.15) is 0 Å². The first-order valence-corrected chi connectivity index (χ1v) is 5.79.